The van der Waals surface area contributed by atoms with E-state index in [-0.39, 0.29) is 29.0 Å². The number of carbonyl (C=O) groups excluding carboxylic acids is 1. The van der Waals surface area contributed by atoms with E-state index >= 15 is 0 Å². The number of hydrogen-bond donors (Lipinski definition) is 2. The smallest absolute Gasteiger partial charge is 0.258 e. The van der Waals surface area contributed by atoms with Crippen LogP contribution in [0.1, 0.15) is 36.5 Å². The molecule has 188 valence electrons. The van der Waals surface area contributed by atoms with Gasteiger partial charge < -0.3 is 20.4 Å². The van der Waals surface area contributed by atoms with Crippen molar-refractivity contribution < 1.29 is 4.79 Å². The van der Waals surface area contributed by atoms with Crippen molar-refractivity contribution >= 4 is 49.3 Å². The Balaban J connectivity index is 1.51. The Labute approximate surface area is 213 Å². The zero-order chi connectivity index (χ0) is 24.8. The van der Waals surface area contributed by atoms with Crippen molar-refractivity contribution in [3.63, 3.8) is 0 Å². The minimum atomic E-state index is -0.341. The highest BCUT2D eigenvalue weighted by Gasteiger charge is 2.27. The third-order valence-corrected chi connectivity index (χ3v) is 8.60. The van der Waals surface area contributed by atoms with Crippen LogP contribution < -0.4 is 21.0 Å². The molecule has 4 aromatic rings. The van der Waals surface area contributed by atoms with Crippen LogP contribution in [0.2, 0.25) is 0 Å². The molecular weight excluding hydrogens is 474 g/mol. The molecule has 2 atom stereocenters. The lowest BCUT2D eigenvalue weighted by Gasteiger charge is -2.21. The average molecular weight is 506 g/mol. The van der Waals surface area contributed by atoms with Crippen molar-refractivity contribution in [3.8, 4) is 0 Å². The zero-order valence-corrected chi connectivity index (χ0v) is 21.5. The number of para-hydroxylation sites is 1. The Morgan fingerprint density at radius 1 is 1.19 bits per heavy atom. The number of hydrogen-bond acceptors (Lipinski definition) is 8. The molecule has 5 heterocycles. The molecule has 0 bridgehead atoms. The number of likely N-dealkylation sites (N-methyl/N-ethyl adjacent to an activating group) is 1. The number of amides is 1. The van der Waals surface area contributed by atoms with Crippen LogP contribution in [0.3, 0.4) is 0 Å². The predicted molar refractivity (Wildman–Crippen MR) is 144 cm³/mol. The Hall–Kier alpha value is -3.08. The van der Waals surface area contributed by atoms with E-state index in [2.05, 4.69) is 32.5 Å². The topological polar surface area (TPSA) is 94.9 Å². The molecule has 2 unspecified atom stereocenters. The van der Waals surface area contributed by atoms with Crippen molar-refractivity contribution in [3.05, 3.63) is 46.2 Å². The SMILES string of the molecule is CC(NC(=O)c1c(=O)c2cnc(N3CCCN(C)CC3)nc2n2c1sc1ccccc12)C1CCCN1. The van der Waals surface area contributed by atoms with E-state index in [0.717, 1.165) is 62.2 Å². The highest BCUT2D eigenvalue weighted by Crippen LogP contribution is 2.31. The zero-order valence-electron chi connectivity index (χ0n) is 20.7. The summed E-state index contributed by atoms with van der Waals surface area (Å²) in [6, 6.07) is 8.11. The normalized spacial score (nSPS) is 20.3. The molecule has 1 aromatic carbocycles. The molecule has 3 aromatic heterocycles. The largest absolute Gasteiger partial charge is 0.348 e. The van der Waals surface area contributed by atoms with E-state index in [9.17, 15) is 9.59 Å². The van der Waals surface area contributed by atoms with E-state index in [0.29, 0.717) is 21.8 Å². The van der Waals surface area contributed by atoms with Crippen LogP contribution in [-0.2, 0) is 0 Å². The van der Waals surface area contributed by atoms with Gasteiger partial charge in [0.2, 0.25) is 11.4 Å². The Morgan fingerprint density at radius 2 is 2.06 bits per heavy atom. The molecule has 0 saturated carbocycles. The number of rotatable bonds is 4. The summed E-state index contributed by atoms with van der Waals surface area (Å²) in [6.45, 7) is 6.62. The molecule has 0 radical (unpaired) electrons. The Kier molecular flexibility index (Phi) is 6.10. The fourth-order valence-corrected chi connectivity index (χ4v) is 6.59. The van der Waals surface area contributed by atoms with Gasteiger partial charge in [-0.15, -0.1) is 11.3 Å². The molecule has 36 heavy (non-hydrogen) atoms. The van der Waals surface area contributed by atoms with Crippen LogP contribution in [0, 0.1) is 0 Å². The quantitative estimate of drug-likeness (QED) is 0.440. The van der Waals surface area contributed by atoms with Crippen LogP contribution in [0.25, 0.3) is 26.1 Å². The van der Waals surface area contributed by atoms with Gasteiger partial charge >= 0.3 is 0 Å². The van der Waals surface area contributed by atoms with Gasteiger partial charge in [0.1, 0.15) is 10.4 Å². The van der Waals surface area contributed by atoms with Crippen LogP contribution in [0.4, 0.5) is 5.95 Å². The van der Waals surface area contributed by atoms with Gasteiger partial charge in [-0.25, -0.2) is 4.98 Å². The molecule has 2 aliphatic heterocycles. The van der Waals surface area contributed by atoms with Gasteiger partial charge in [-0.2, -0.15) is 4.98 Å². The number of thiazole rings is 1. The van der Waals surface area contributed by atoms with E-state index in [1.54, 1.807) is 6.20 Å². The standard InChI is InChI=1S/C26H31N7O2S/c1-16(18-7-5-10-27-18)29-24(35)21-22(34)17-15-28-26(32-12-6-11-31(2)13-14-32)30-23(17)33-19-8-3-4-9-20(19)36-25(21)33/h3-4,8-9,15-16,18,27H,5-7,10-14H2,1-2H3,(H,29,35). The van der Waals surface area contributed by atoms with Crippen LogP contribution in [0.15, 0.2) is 35.3 Å². The first kappa shape index (κ1) is 23.3. The van der Waals surface area contributed by atoms with Crippen molar-refractivity contribution in [2.24, 2.45) is 0 Å². The van der Waals surface area contributed by atoms with Crippen LogP contribution in [-0.4, -0.2) is 77.0 Å². The van der Waals surface area contributed by atoms with Crippen molar-refractivity contribution in [2.75, 3.05) is 44.7 Å². The molecule has 10 heteroatoms. The molecule has 6 rings (SSSR count). The first-order valence-corrected chi connectivity index (χ1v) is 13.5. The maximum atomic E-state index is 13.8. The average Bonchev–Trinajstić information content (AvgIpc) is 3.49. The molecule has 2 aliphatic rings. The molecular formula is C26H31N7O2S. The summed E-state index contributed by atoms with van der Waals surface area (Å²) < 4.78 is 2.97. The first-order chi connectivity index (χ1) is 17.5. The second kappa shape index (κ2) is 9.42. The van der Waals surface area contributed by atoms with E-state index < -0.39 is 0 Å². The van der Waals surface area contributed by atoms with Crippen molar-refractivity contribution in [2.45, 2.75) is 38.3 Å². The third kappa shape index (κ3) is 4.03. The minimum absolute atomic E-state index is 0.0793. The number of benzene rings is 1. The molecule has 1 amide bonds. The maximum Gasteiger partial charge on any atom is 0.258 e. The Morgan fingerprint density at radius 3 is 2.89 bits per heavy atom. The lowest BCUT2D eigenvalue weighted by atomic mass is 10.1. The predicted octanol–water partition coefficient (Wildman–Crippen LogP) is 2.47. The monoisotopic (exact) mass is 505 g/mol. The summed E-state index contributed by atoms with van der Waals surface area (Å²) >= 11 is 1.46. The summed E-state index contributed by atoms with van der Waals surface area (Å²) in [5, 5.41) is 6.89. The fraction of sp³-hybridized carbons (Fsp3) is 0.462. The van der Waals surface area contributed by atoms with Crippen LogP contribution in [0.5, 0.6) is 0 Å². The number of nitrogens with one attached hydrogen (secondary N) is 2. The number of anilines is 1. The van der Waals surface area contributed by atoms with Gasteiger partial charge in [0.25, 0.3) is 5.91 Å². The molecule has 2 fully saturated rings. The number of nitrogens with zero attached hydrogens (tertiary/aromatic N) is 5. The summed E-state index contributed by atoms with van der Waals surface area (Å²) in [6.07, 6.45) is 4.74. The van der Waals surface area contributed by atoms with E-state index in [1.807, 2.05) is 35.6 Å². The molecule has 2 N–H and O–H groups in total. The maximum absolute atomic E-state index is 13.8. The van der Waals surface area contributed by atoms with Gasteiger partial charge in [0.05, 0.1) is 15.6 Å². The minimum Gasteiger partial charge on any atom is -0.348 e. The Bertz CT molecular complexity index is 1510. The highest BCUT2D eigenvalue weighted by atomic mass is 32.1. The number of aromatic nitrogens is 3. The van der Waals surface area contributed by atoms with Crippen molar-refractivity contribution in [1.29, 1.82) is 0 Å². The van der Waals surface area contributed by atoms with Gasteiger partial charge in [-0.1, -0.05) is 12.1 Å². The molecule has 2 saturated heterocycles. The summed E-state index contributed by atoms with van der Waals surface area (Å²) in [4.78, 5) is 42.0. The summed E-state index contributed by atoms with van der Waals surface area (Å²) in [5.74, 6) is 0.284. The van der Waals surface area contributed by atoms with Crippen molar-refractivity contribution in [1.82, 2.24) is 29.9 Å². The lowest BCUT2D eigenvalue weighted by molar-refractivity contribution is 0.0933. The molecule has 0 aliphatic carbocycles. The fourth-order valence-electron chi connectivity index (χ4n) is 5.40. The van der Waals surface area contributed by atoms with Gasteiger partial charge in [-0.3, -0.25) is 14.0 Å². The summed E-state index contributed by atoms with van der Waals surface area (Å²) in [7, 11) is 2.13. The molecule has 0 spiro atoms. The van der Waals surface area contributed by atoms with Crippen LogP contribution >= 0.6 is 11.3 Å². The highest BCUT2D eigenvalue weighted by molar-refractivity contribution is 7.24. The first-order valence-electron chi connectivity index (χ1n) is 12.7. The van der Waals surface area contributed by atoms with Gasteiger partial charge in [0.15, 0.2) is 5.65 Å². The third-order valence-electron chi connectivity index (χ3n) is 7.46. The second-order valence-electron chi connectivity index (χ2n) is 9.93. The number of pyridine rings is 1. The molecule has 9 nitrogen and oxygen atoms in total. The number of carbonyl (C=O) groups is 1. The summed E-state index contributed by atoms with van der Waals surface area (Å²) in [5.41, 5.74) is 1.34. The van der Waals surface area contributed by atoms with E-state index in [4.69, 9.17) is 4.98 Å². The van der Waals surface area contributed by atoms with E-state index in [1.165, 1.54) is 11.3 Å². The lowest BCUT2D eigenvalue weighted by Crippen LogP contribution is -2.46. The van der Waals surface area contributed by atoms with Gasteiger partial charge in [0, 0.05) is 37.9 Å². The second-order valence-corrected chi connectivity index (χ2v) is 11.0. The number of fused-ring (bicyclic) bond motifs is 5. The van der Waals surface area contributed by atoms with Gasteiger partial charge in [-0.05, 0) is 58.5 Å².